The lowest BCUT2D eigenvalue weighted by molar-refractivity contribution is -0.160. The number of allylic oxidation sites excluding steroid dienone is 1. The van der Waals surface area contributed by atoms with Crippen LogP contribution in [0.1, 0.15) is 99.8 Å². The van der Waals surface area contributed by atoms with Gasteiger partial charge in [0.1, 0.15) is 31.5 Å². The van der Waals surface area contributed by atoms with Gasteiger partial charge in [-0.1, -0.05) is 45.5 Å². The topological polar surface area (TPSA) is 333 Å². The molecule has 6 heterocycles. The van der Waals surface area contributed by atoms with E-state index in [1.165, 1.54) is 13.8 Å². The molecule has 10 atom stereocenters. The molecular formula is C55H66O25. The summed E-state index contributed by atoms with van der Waals surface area (Å²) in [5.74, 6) is -6.73. The number of carbonyl (C=O) groups is 13. The first kappa shape index (κ1) is 65.8. The van der Waals surface area contributed by atoms with Crippen molar-refractivity contribution >= 4 is 77.6 Å². The summed E-state index contributed by atoms with van der Waals surface area (Å²) in [6.07, 6.45) is 3.79. The van der Waals surface area contributed by atoms with E-state index in [0.29, 0.717) is 36.2 Å². The van der Waals surface area contributed by atoms with Gasteiger partial charge in [0.05, 0.1) is 31.8 Å². The molecule has 2 aliphatic carbocycles. The van der Waals surface area contributed by atoms with Crippen LogP contribution in [0.4, 0.5) is 0 Å². The highest BCUT2D eigenvalue weighted by atomic mass is 16.6. The lowest BCUT2D eigenvalue weighted by Crippen LogP contribution is -2.32. The predicted molar refractivity (Wildman–Crippen MR) is 270 cm³/mol. The Morgan fingerprint density at radius 1 is 0.525 bits per heavy atom. The molecule has 0 aromatic carbocycles. The van der Waals surface area contributed by atoms with E-state index in [9.17, 15) is 62.3 Å². The molecule has 0 bridgehead atoms. The Balaban J connectivity index is 0.000000253. The van der Waals surface area contributed by atoms with E-state index < -0.39 is 102 Å². The fourth-order valence-corrected chi connectivity index (χ4v) is 7.41. The van der Waals surface area contributed by atoms with E-state index in [1.807, 2.05) is 12.2 Å². The lowest BCUT2D eigenvalue weighted by atomic mass is 10.0. The molecule has 10 unspecified atom stereocenters. The van der Waals surface area contributed by atoms with Gasteiger partial charge in [-0.3, -0.25) is 14.4 Å². The van der Waals surface area contributed by atoms with Crippen LogP contribution in [0, 0.1) is 11.8 Å². The highest BCUT2D eigenvalue weighted by Crippen LogP contribution is 2.38. The van der Waals surface area contributed by atoms with Crippen LogP contribution in [0.5, 0.6) is 0 Å². The summed E-state index contributed by atoms with van der Waals surface area (Å²) in [4.78, 5) is 143. The number of esters is 13. The number of rotatable bonds is 12. The summed E-state index contributed by atoms with van der Waals surface area (Å²) >= 11 is 0. The Morgan fingerprint density at radius 2 is 1.04 bits per heavy atom. The van der Waals surface area contributed by atoms with Gasteiger partial charge in [0, 0.05) is 45.8 Å². The average molecular weight is 1130 g/mol. The normalized spacial score (nSPS) is 26.6. The molecule has 0 aromatic rings. The fraction of sp³-hybridized carbons (Fsp3) is 0.509. The second-order valence-electron chi connectivity index (χ2n) is 19.5. The van der Waals surface area contributed by atoms with Crippen LogP contribution in [-0.2, 0) is 119 Å². The molecule has 25 nitrogen and oxygen atoms in total. The Morgan fingerprint density at radius 3 is 1.50 bits per heavy atom. The third-order valence-corrected chi connectivity index (χ3v) is 11.7. The SMILES string of the molecule is C=C(C)C(=O)OC1(C)COC(=O)C1.C=C(C)C(=O)OC1C(=O)OC2C=CCC21.C=C(C)C(=O)OC1C(=O)OC2CCCC21.C=C(C)C(=O)OC1CC(=O)OC1=O.C=C(C)C(=O)OC1CCOC1=O.C=C(C)C(=O)OC1COC(=O)C1. The standard InChI is InChI=1S/C11H14O4.C11H12O4.C9H12O4.C8H8O5.2C8H10O4/c2*1-6(2)10(12)15-9-7-4-3-5-8(7)14-11(9)13;1-6(2)8(11)13-9(3)4-7(10)12-5-9;1-4(2)7(10)12-5-3-6(9)13-8(5)11;1-5(2)8(10)12-6-3-7(9)11-4-6;1-5(2)7(9)12-6-3-4-11-8(6)10/h7-9H,1,3-5H2,2H3;3,5,7-9H,1,4H2,2H3;1,4-5H2,2-3H3;5H,1,3H2,2H3;2*6H,1,3-4H2,2H3. The summed E-state index contributed by atoms with van der Waals surface area (Å²) in [6, 6.07) is 0. The Bertz CT molecular complexity index is 2570. The molecule has 25 heteroatoms. The zero-order valence-corrected chi connectivity index (χ0v) is 45.6. The van der Waals surface area contributed by atoms with Crippen molar-refractivity contribution in [2.24, 2.45) is 11.8 Å². The average Bonchev–Trinajstić information content (AvgIpc) is 4.29. The largest absolute Gasteiger partial charge is 0.463 e. The minimum Gasteiger partial charge on any atom is -0.463 e. The van der Waals surface area contributed by atoms with Crippen LogP contribution in [0.3, 0.4) is 0 Å². The molecule has 6 saturated heterocycles. The van der Waals surface area contributed by atoms with E-state index in [-0.39, 0.29) is 85.2 Å². The van der Waals surface area contributed by atoms with Crippen molar-refractivity contribution in [2.75, 3.05) is 19.8 Å². The second kappa shape index (κ2) is 30.0. The maximum absolute atomic E-state index is 11.4. The first-order valence-corrected chi connectivity index (χ1v) is 24.8. The molecular weight excluding hydrogens is 1060 g/mol. The molecule has 6 aliphatic heterocycles. The van der Waals surface area contributed by atoms with Crippen molar-refractivity contribution in [1.29, 1.82) is 0 Å². The molecule has 0 radical (unpaired) electrons. The molecule has 8 aliphatic rings. The minimum absolute atomic E-state index is 0.0413. The number of ether oxygens (including phenoxy) is 12. The summed E-state index contributed by atoms with van der Waals surface area (Å²) in [5.41, 5.74) is 0.894. The van der Waals surface area contributed by atoms with Crippen molar-refractivity contribution in [3.05, 3.63) is 85.1 Å². The highest BCUT2D eigenvalue weighted by molar-refractivity contribution is 5.99. The monoisotopic (exact) mass is 1130 g/mol. The molecule has 0 amide bonds. The van der Waals surface area contributed by atoms with Crippen molar-refractivity contribution in [3.63, 3.8) is 0 Å². The van der Waals surface area contributed by atoms with E-state index in [0.717, 1.165) is 19.3 Å². The molecule has 0 spiro atoms. The number of hydrogen-bond acceptors (Lipinski definition) is 25. The molecule has 1 saturated carbocycles. The summed E-state index contributed by atoms with van der Waals surface area (Å²) in [6.45, 7) is 32.0. The predicted octanol–water partition coefficient (Wildman–Crippen LogP) is 3.78. The zero-order chi connectivity index (χ0) is 60.3. The summed E-state index contributed by atoms with van der Waals surface area (Å²) < 4.78 is 57.7. The Kier molecular flexibility index (Phi) is 24.7. The van der Waals surface area contributed by atoms with Gasteiger partial charge in [-0.2, -0.15) is 0 Å². The third-order valence-electron chi connectivity index (χ3n) is 11.7. The lowest BCUT2D eigenvalue weighted by Gasteiger charge is -2.20. The van der Waals surface area contributed by atoms with E-state index in [4.69, 9.17) is 37.9 Å². The van der Waals surface area contributed by atoms with E-state index in [1.54, 1.807) is 34.6 Å². The summed E-state index contributed by atoms with van der Waals surface area (Å²) in [5, 5.41) is 0. The van der Waals surface area contributed by atoms with Crippen LogP contribution in [0.2, 0.25) is 0 Å². The quantitative estimate of drug-likeness (QED) is 0.0882. The van der Waals surface area contributed by atoms with Crippen LogP contribution < -0.4 is 0 Å². The molecule has 8 rings (SSSR count). The fourth-order valence-electron chi connectivity index (χ4n) is 7.41. The third kappa shape index (κ3) is 20.4. The Hall–Kier alpha value is -8.51. The molecule has 80 heavy (non-hydrogen) atoms. The number of cyclic esters (lactones) is 5. The van der Waals surface area contributed by atoms with Gasteiger partial charge < -0.3 is 56.8 Å². The van der Waals surface area contributed by atoms with Gasteiger partial charge in [-0.05, 0) is 80.2 Å². The van der Waals surface area contributed by atoms with Gasteiger partial charge in [0.25, 0.3) is 0 Å². The van der Waals surface area contributed by atoms with Crippen molar-refractivity contribution < 1.29 is 119 Å². The molecule has 0 N–H and O–H groups in total. The maximum atomic E-state index is 11.4. The van der Waals surface area contributed by atoms with Gasteiger partial charge in [-0.25, -0.2) is 47.9 Å². The van der Waals surface area contributed by atoms with E-state index in [2.05, 4.69) is 58.4 Å². The van der Waals surface area contributed by atoms with Crippen molar-refractivity contribution in [3.8, 4) is 0 Å². The molecule has 0 aromatic heterocycles. The van der Waals surface area contributed by atoms with Crippen LogP contribution in [-0.4, -0.2) is 146 Å². The van der Waals surface area contributed by atoms with Gasteiger partial charge in [0.2, 0.25) is 24.4 Å². The minimum atomic E-state index is -1.10. The van der Waals surface area contributed by atoms with Crippen LogP contribution in [0.25, 0.3) is 0 Å². The first-order valence-electron chi connectivity index (χ1n) is 24.8. The van der Waals surface area contributed by atoms with E-state index >= 15 is 0 Å². The van der Waals surface area contributed by atoms with Crippen LogP contribution in [0.15, 0.2) is 85.1 Å². The van der Waals surface area contributed by atoms with Crippen molar-refractivity contribution in [1.82, 2.24) is 0 Å². The smallest absolute Gasteiger partial charge is 0.355 e. The number of carbonyl (C=O) groups excluding carboxylic acids is 13. The Labute approximate surface area is 460 Å². The second-order valence-corrected chi connectivity index (χ2v) is 19.5. The highest BCUT2D eigenvalue weighted by Gasteiger charge is 2.50. The molecule has 7 fully saturated rings. The van der Waals surface area contributed by atoms with Crippen LogP contribution >= 0.6 is 0 Å². The van der Waals surface area contributed by atoms with Gasteiger partial charge in [0.15, 0.2) is 5.60 Å². The number of fused-ring (bicyclic) bond motifs is 2. The first-order chi connectivity index (χ1) is 37.3. The zero-order valence-electron chi connectivity index (χ0n) is 45.6. The summed E-state index contributed by atoms with van der Waals surface area (Å²) in [7, 11) is 0. The molecule has 436 valence electrons. The number of hydrogen-bond donors (Lipinski definition) is 0. The maximum Gasteiger partial charge on any atom is 0.355 e. The van der Waals surface area contributed by atoms with Crippen molar-refractivity contribution in [2.45, 2.75) is 148 Å². The van der Waals surface area contributed by atoms with Gasteiger partial charge in [-0.15, -0.1) is 0 Å². The van der Waals surface area contributed by atoms with Gasteiger partial charge >= 0.3 is 77.6 Å².